The van der Waals surface area contributed by atoms with Gasteiger partial charge in [-0.15, -0.1) is 0 Å². The quantitative estimate of drug-likeness (QED) is 0.808. The first-order chi connectivity index (χ1) is 13.5. The number of rotatable bonds is 5. The molecule has 0 radical (unpaired) electrons. The normalized spacial score (nSPS) is 19.0. The van der Waals surface area contributed by atoms with Crippen molar-refractivity contribution >= 4 is 23.2 Å². The number of fused-ring (bicyclic) bond motifs is 1. The molecule has 28 heavy (non-hydrogen) atoms. The minimum atomic E-state index is -0.987. The first-order valence-electron chi connectivity index (χ1n) is 9.45. The number of hydrogen-bond acceptors (Lipinski definition) is 4. The van der Waals surface area contributed by atoms with Gasteiger partial charge >= 0.3 is 0 Å². The lowest BCUT2D eigenvalue weighted by molar-refractivity contribution is -0.132. The Kier molecular flexibility index (Phi) is 4.49. The molecule has 1 saturated carbocycles. The zero-order chi connectivity index (χ0) is 19.9. The number of methoxy groups -OCH3 is 2. The third-order valence-corrected chi connectivity index (χ3v) is 5.66. The van der Waals surface area contributed by atoms with Crippen molar-refractivity contribution in [3.63, 3.8) is 0 Å². The van der Waals surface area contributed by atoms with Crippen LogP contribution in [0.2, 0.25) is 0 Å². The molecule has 6 heteroatoms. The lowest BCUT2D eigenvalue weighted by Crippen LogP contribution is -2.45. The highest BCUT2D eigenvalue weighted by Gasteiger charge is 2.59. The number of nitrogens with zero attached hydrogens (tertiary/aromatic N) is 1. The van der Waals surface area contributed by atoms with E-state index in [1.54, 1.807) is 37.3 Å². The highest BCUT2D eigenvalue weighted by Crippen LogP contribution is 2.50. The summed E-state index contributed by atoms with van der Waals surface area (Å²) in [6.07, 6.45) is 1.95. The van der Waals surface area contributed by atoms with Crippen molar-refractivity contribution in [3.8, 4) is 11.5 Å². The average Bonchev–Trinajstić information content (AvgIpc) is 3.45. The van der Waals surface area contributed by atoms with Gasteiger partial charge in [0.15, 0.2) is 11.5 Å². The van der Waals surface area contributed by atoms with Gasteiger partial charge in [0.05, 0.1) is 14.2 Å². The van der Waals surface area contributed by atoms with Crippen LogP contribution in [0, 0.1) is 5.41 Å². The van der Waals surface area contributed by atoms with Crippen molar-refractivity contribution in [1.82, 2.24) is 0 Å². The second kappa shape index (κ2) is 6.86. The van der Waals surface area contributed by atoms with Crippen molar-refractivity contribution in [3.05, 3.63) is 48.0 Å². The van der Waals surface area contributed by atoms with E-state index in [1.807, 2.05) is 31.2 Å². The maximum atomic E-state index is 13.4. The Labute approximate surface area is 164 Å². The van der Waals surface area contributed by atoms with Crippen molar-refractivity contribution in [2.45, 2.75) is 32.2 Å². The van der Waals surface area contributed by atoms with E-state index >= 15 is 0 Å². The number of hydrogen-bond donors (Lipinski definition) is 1. The summed E-state index contributed by atoms with van der Waals surface area (Å²) < 4.78 is 10.5. The number of amides is 2. The maximum absolute atomic E-state index is 13.4. The molecular weight excluding hydrogens is 356 g/mol. The number of carbonyl (C=O) groups excluding carboxylic acids is 2. The third-order valence-electron chi connectivity index (χ3n) is 5.66. The topological polar surface area (TPSA) is 67.9 Å². The Morgan fingerprint density at radius 1 is 1.07 bits per heavy atom. The second-order valence-corrected chi connectivity index (χ2v) is 7.46. The fourth-order valence-corrected chi connectivity index (χ4v) is 3.93. The first kappa shape index (κ1) is 18.3. The minimum Gasteiger partial charge on any atom is -0.493 e. The number of benzene rings is 2. The van der Waals surface area contributed by atoms with E-state index in [0.717, 1.165) is 17.7 Å². The van der Waals surface area contributed by atoms with E-state index in [0.29, 0.717) is 30.0 Å². The highest BCUT2D eigenvalue weighted by atomic mass is 16.5. The Hall–Kier alpha value is -3.02. The summed E-state index contributed by atoms with van der Waals surface area (Å²) in [5, 5.41) is 2.89. The fraction of sp³-hybridized carbons (Fsp3) is 0.364. The van der Waals surface area contributed by atoms with Crippen LogP contribution in [-0.4, -0.2) is 32.1 Å². The van der Waals surface area contributed by atoms with Crippen LogP contribution in [0.5, 0.6) is 11.5 Å². The van der Waals surface area contributed by atoms with Crippen LogP contribution in [-0.2, 0) is 16.0 Å². The standard InChI is InChI=1S/C22H24N2O4/c1-14-12-15-6-4-5-7-17(15)24(14)21(26)22(10-11-22)20(25)23-16-8-9-18(27-2)19(13-16)28-3/h4-9,13-14H,10-12H2,1-3H3,(H,23,25). The SMILES string of the molecule is COc1ccc(NC(=O)C2(C(=O)N3c4ccccc4CC3C)CC2)cc1OC. The number of para-hydroxylation sites is 1. The molecule has 0 bridgehead atoms. The van der Waals surface area contributed by atoms with Crippen LogP contribution >= 0.6 is 0 Å². The molecule has 1 fully saturated rings. The van der Waals surface area contributed by atoms with Crippen LogP contribution in [0.4, 0.5) is 11.4 Å². The molecule has 1 heterocycles. The molecular formula is C22H24N2O4. The van der Waals surface area contributed by atoms with Gasteiger partial charge in [-0.25, -0.2) is 0 Å². The molecule has 1 aliphatic carbocycles. The Balaban J connectivity index is 1.56. The number of anilines is 2. The van der Waals surface area contributed by atoms with E-state index < -0.39 is 5.41 Å². The third kappa shape index (κ3) is 2.89. The van der Waals surface area contributed by atoms with Crippen LogP contribution in [0.15, 0.2) is 42.5 Å². The summed E-state index contributed by atoms with van der Waals surface area (Å²) in [7, 11) is 3.10. The molecule has 0 saturated heterocycles. The van der Waals surface area contributed by atoms with Gasteiger partial charge in [0.25, 0.3) is 0 Å². The minimum absolute atomic E-state index is 0.0521. The summed E-state index contributed by atoms with van der Waals surface area (Å²) in [4.78, 5) is 28.2. The summed E-state index contributed by atoms with van der Waals surface area (Å²) in [6.45, 7) is 2.03. The van der Waals surface area contributed by atoms with Gasteiger partial charge in [-0.3, -0.25) is 9.59 Å². The highest BCUT2D eigenvalue weighted by molar-refractivity contribution is 6.18. The van der Waals surface area contributed by atoms with Crippen molar-refractivity contribution < 1.29 is 19.1 Å². The lowest BCUT2D eigenvalue weighted by atomic mass is 10.0. The number of ether oxygens (including phenoxy) is 2. The van der Waals surface area contributed by atoms with Gasteiger partial charge in [0.2, 0.25) is 11.8 Å². The first-order valence-corrected chi connectivity index (χ1v) is 9.45. The number of nitrogens with one attached hydrogen (secondary N) is 1. The lowest BCUT2D eigenvalue weighted by Gasteiger charge is -2.27. The van der Waals surface area contributed by atoms with Crippen molar-refractivity contribution in [1.29, 1.82) is 0 Å². The Bertz CT molecular complexity index is 936. The molecule has 0 spiro atoms. The van der Waals surface area contributed by atoms with E-state index in [-0.39, 0.29) is 17.9 Å². The zero-order valence-electron chi connectivity index (χ0n) is 16.3. The maximum Gasteiger partial charge on any atom is 0.242 e. The summed E-state index contributed by atoms with van der Waals surface area (Å²) in [5.74, 6) is 0.739. The van der Waals surface area contributed by atoms with Gasteiger partial charge in [-0.2, -0.15) is 0 Å². The van der Waals surface area contributed by atoms with Crippen LogP contribution < -0.4 is 19.7 Å². The largest absolute Gasteiger partial charge is 0.493 e. The predicted molar refractivity (Wildman–Crippen MR) is 107 cm³/mol. The predicted octanol–water partition coefficient (Wildman–Crippen LogP) is 3.40. The summed E-state index contributed by atoms with van der Waals surface area (Å²) in [6, 6.07) is 13.1. The van der Waals surface area contributed by atoms with Crippen LogP contribution in [0.3, 0.4) is 0 Å². The molecule has 2 aromatic rings. The van der Waals surface area contributed by atoms with Crippen molar-refractivity contribution in [2.75, 3.05) is 24.4 Å². The average molecular weight is 380 g/mol. The molecule has 4 rings (SSSR count). The van der Waals surface area contributed by atoms with E-state index in [2.05, 4.69) is 5.32 Å². The summed E-state index contributed by atoms with van der Waals surface area (Å²) in [5.41, 5.74) is 1.67. The summed E-state index contributed by atoms with van der Waals surface area (Å²) >= 11 is 0. The molecule has 146 valence electrons. The number of carbonyl (C=O) groups is 2. The Morgan fingerprint density at radius 2 is 1.79 bits per heavy atom. The molecule has 1 N–H and O–H groups in total. The Morgan fingerprint density at radius 3 is 2.46 bits per heavy atom. The zero-order valence-corrected chi connectivity index (χ0v) is 16.3. The van der Waals surface area contributed by atoms with Crippen LogP contribution in [0.25, 0.3) is 0 Å². The smallest absolute Gasteiger partial charge is 0.242 e. The molecule has 1 unspecified atom stereocenters. The molecule has 2 aliphatic rings. The molecule has 1 atom stereocenters. The van der Waals surface area contributed by atoms with Gasteiger partial charge < -0.3 is 19.7 Å². The van der Waals surface area contributed by atoms with E-state index in [4.69, 9.17) is 9.47 Å². The van der Waals surface area contributed by atoms with Crippen LogP contribution in [0.1, 0.15) is 25.3 Å². The van der Waals surface area contributed by atoms with Gasteiger partial charge in [-0.05, 0) is 49.9 Å². The monoisotopic (exact) mass is 380 g/mol. The van der Waals surface area contributed by atoms with E-state index in [1.165, 1.54) is 0 Å². The second-order valence-electron chi connectivity index (χ2n) is 7.46. The molecule has 0 aromatic heterocycles. The van der Waals surface area contributed by atoms with Crippen molar-refractivity contribution in [2.24, 2.45) is 5.41 Å². The fourth-order valence-electron chi connectivity index (χ4n) is 3.93. The molecule has 6 nitrogen and oxygen atoms in total. The molecule has 1 aliphatic heterocycles. The van der Waals surface area contributed by atoms with E-state index in [9.17, 15) is 9.59 Å². The van der Waals surface area contributed by atoms with Gasteiger partial charge in [-0.1, -0.05) is 18.2 Å². The van der Waals surface area contributed by atoms with Gasteiger partial charge in [0.1, 0.15) is 5.41 Å². The molecule has 2 amide bonds. The van der Waals surface area contributed by atoms with Gasteiger partial charge in [0, 0.05) is 23.5 Å². The molecule has 2 aromatic carbocycles.